The van der Waals surface area contributed by atoms with Gasteiger partial charge in [0, 0.05) is 11.8 Å². The second-order valence-corrected chi connectivity index (χ2v) is 4.94. The van der Waals surface area contributed by atoms with Crippen LogP contribution in [0.4, 0.5) is 5.95 Å². The number of rotatable bonds is 2. The molecule has 0 saturated heterocycles. The van der Waals surface area contributed by atoms with Crippen LogP contribution in [0.15, 0.2) is 28.2 Å². The van der Waals surface area contributed by atoms with Gasteiger partial charge in [0.1, 0.15) is 0 Å². The van der Waals surface area contributed by atoms with E-state index in [1.54, 1.807) is 17.5 Å². The maximum Gasteiger partial charge on any atom is 0.295 e. The number of pyridine rings is 1. The molecule has 4 heterocycles. The highest BCUT2D eigenvalue weighted by molar-refractivity contribution is 7.17. The van der Waals surface area contributed by atoms with Crippen molar-refractivity contribution in [3.8, 4) is 23.1 Å². The van der Waals surface area contributed by atoms with E-state index in [0.717, 1.165) is 15.8 Å². The molecule has 0 saturated carbocycles. The smallest absolute Gasteiger partial charge is 0.295 e. The Hall–Kier alpha value is -2.81. The van der Waals surface area contributed by atoms with Gasteiger partial charge in [0.05, 0.1) is 10.2 Å². The highest BCUT2D eigenvalue weighted by Crippen LogP contribution is 2.25. The number of fused-ring (bicyclic) bond motifs is 1. The molecule has 0 aliphatic heterocycles. The summed E-state index contributed by atoms with van der Waals surface area (Å²) in [5.41, 5.74) is 7.16. The van der Waals surface area contributed by atoms with Crippen molar-refractivity contribution in [1.29, 1.82) is 0 Å². The van der Waals surface area contributed by atoms with Gasteiger partial charge < -0.3 is 10.3 Å². The third-order valence-corrected chi connectivity index (χ3v) is 3.55. The number of aromatic amines is 1. The topological polar surface area (TPSA) is 119 Å². The zero-order valence-electron chi connectivity index (χ0n) is 9.94. The third-order valence-electron chi connectivity index (χ3n) is 2.69. The van der Waals surface area contributed by atoms with Gasteiger partial charge in [-0.1, -0.05) is 5.16 Å². The fraction of sp³-hybridized carbons (Fsp3) is 0. The number of hydrogen-bond acceptors (Lipinski definition) is 8. The van der Waals surface area contributed by atoms with Crippen LogP contribution in [0, 0.1) is 0 Å². The van der Waals surface area contributed by atoms with Crippen LogP contribution in [0.5, 0.6) is 0 Å². The van der Waals surface area contributed by atoms with E-state index in [0.29, 0.717) is 11.6 Å². The van der Waals surface area contributed by atoms with E-state index >= 15 is 0 Å². The highest BCUT2D eigenvalue weighted by atomic mass is 32.1. The Morgan fingerprint density at radius 1 is 1.30 bits per heavy atom. The molecule has 0 fully saturated rings. The Labute approximate surface area is 115 Å². The van der Waals surface area contributed by atoms with Crippen molar-refractivity contribution in [3.05, 3.63) is 23.7 Å². The van der Waals surface area contributed by atoms with Gasteiger partial charge in [0.25, 0.3) is 5.89 Å². The molecule has 0 amide bonds. The first kappa shape index (κ1) is 11.1. The number of nitrogen functional groups attached to an aromatic ring is 1. The number of nitrogens with zero attached hydrogens (tertiary/aromatic N) is 5. The van der Waals surface area contributed by atoms with Crippen LogP contribution in [-0.4, -0.2) is 30.3 Å². The summed E-state index contributed by atoms with van der Waals surface area (Å²) in [6.07, 6.45) is 1.71. The molecule has 4 rings (SSSR count). The predicted molar refractivity (Wildman–Crippen MR) is 72.7 cm³/mol. The maximum atomic E-state index is 5.43. The lowest BCUT2D eigenvalue weighted by molar-refractivity contribution is 0.429. The van der Waals surface area contributed by atoms with Crippen molar-refractivity contribution in [2.45, 2.75) is 0 Å². The molecular weight excluding hydrogens is 278 g/mol. The fourth-order valence-corrected chi connectivity index (χ4v) is 2.56. The molecule has 98 valence electrons. The van der Waals surface area contributed by atoms with Gasteiger partial charge in [-0.3, -0.25) is 10.1 Å². The van der Waals surface area contributed by atoms with Crippen molar-refractivity contribution in [2.24, 2.45) is 0 Å². The summed E-state index contributed by atoms with van der Waals surface area (Å²) in [5, 5.41) is 12.2. The van der Waals surface area contributed by atoms with E-state index in [4.69, 9.17) is 10.3 Å². The summed E-state index contributed by atoms with van der Waals surface area (Å²) in [5.74, 6) is 1.14. The second kappa shape index (κ2) is 4.10. The maximum absolute atomic E-state index is 5.43. The van der Waals surface area contributed by atoms with E-state index < -0.39 is 0 Å². The number of anilines is 1. The summed E-state index contributed by atoms with van der Waals surface area (Å²) in [7, 11) is 0. The number of aromatic nitrogens is 6. The fourth-order valence-electron chi connectivity index (χ4n) is 1.78. The molecule has 9 heteroatoms. The number of nitrogens with one attached hydrogen (secondary N) is 1. The summed E-state index contributed by atoms with van der Waals surface area (Å²) in [6.45, 7) is 0. The Kier molecular flexibility index (Phi) is 2.27. The van der Waals surface area contributed by atoms with Crippen LogP contribution < -0.4 is 5.73 Å². The number of H-pyrrole nitrogens is 1. The van der Waals surface area contributed by atoms with Gasteiger partial charge in [-0.05, 0) is 17.5 Å². The Balaban J connectivity index is 1.77. The largest absolute Gasteiger partial charge is 0.366 e. The highest BCUT2D eigenvalue weighted by Gasteiger charge is 2.14. The molecule has 0 unspecified atom stereocenters. The van der Waals surface area contributed by atoms with Crippen molar-refractivity contribution < 1.29 is 4.52 Å². The van der Waals surface area contributed by atoms with Crippen molar-refractivity contribution in [1.82, 2.24) is 30.3 Å². The molecule has 0 radical (unpaired) electrons. The molecule has 0 spiro atoms. The lowest BCUT2D eigenvalue weighted by atomic mass is 10.2. The molecule has 0 aliphatic rings. The minimum absolute atomic E-state index is 0.126. The second-order valence-electron chi connectivity index (χ2n) is 3.99. The number of hydrogen-bond donors (Lipinski definition) is 2. The molecule has 0 bridgehead atoms. The predicted octanol–water partition coefficient (Wildman–Crippen LogP) is 1.71. The molecular formula is C11H7N7OS. The monoisotopic (exact) mass is 285 g/mol. The van der Waals surface area contributed by atoms with E-state index in [-0.39, 0.29) is 11.8 Å². The number of thiophene rings is 1. The average molecular weight is 285 g/mol. The molecule has 0 atom stereocenters. The molecule has 3 N–H and O–H groups in total. The molecule has 4 aromatic rings. The van der Waals surface area contributed by atoms with Gasteiger partial charge in [0.15, 0.2) is 0 Å². The Bertz CT molecular complexity index is 893. The van der Waals surface area contributed by atoms with Gasteiger partial charge >= 0.3 is 0 Å². The molecule has 0 aromatic carbocycles. The van der Waals surface area contributed by atoms with Crippen molar-refractivity contribution in [3.63, 3.8) is 0 Å². The summed E-state index contributed by atoms with van der Waals surface area (Å²) in [4.78, 5) is 12.5. The van der Waals surface area contributed by atoms with Gasteiger partial charge in [0.2, 0.25) is 17.6 Å². The van der Waals surface area contributed by atoms with Gasteiger partial charge in [-0.15, -0.1) is 16.4 Å². The SMILES string of the molecule is Nc1n[nH]c(-c2nc(-c3cnc4ccsc4c3)no2)n1. The van der Waals surface area contributed by atoms with E-state index in [9.17, 15) is 0 Å². The average Bonchev–Trinajstić information content (AvgIpc) is 3.17. The van der Waals surface area contributed by atoms with E-state index in [1.807, 2.05) is 17.5 Å². The number of nitrogens with two attached hydrogens (primary N) is 1. The minimum Gasteiger partial charge on any atom is -0.366 e. The van der Waals surface area contributed by atoms with E-state index in [2.05, 4.69) is 30.3 Å². The Morgan fingerprint density at radius 3 is 3.10 bits per heavy atom. The first-order valence-corrected chi connectivity index (χ1v) is 6.53. The van der Waals surface area contributed by atoms with Gasteiger partial charge in [-0.25, -0.2) is 0 Å². The zero-order valence-corrected chi connectivity index (χ0v) is 10.8. The van der Waals surface area contributed by atoms with Crippen LogP contribution >= 0.6 is 11.3 Å². The van der Waals surface area contributed by atoms with Crippen LogP contribution in [0.1, 0.15) is 0 Å². The lowest BCUT2D eigenvalue weighted by Gasteiger charge is -1.93. The van der Waals surface area contributed by atoms with Crippen LogP contribution in [0.25, 0.3) is 33.3 Å². The summed E-state index contributed by atoms with van der Waals surface area (Å²) < 4.78 is 6.20. The van der Waals surface area contributed by atoms with Crippen LogP contribution in [-0.2, 0) is 0 Å². The minimum atomic E-state index is 0.126. The first-order chi connectivity index (χ1) is 9.79. The molecule has 4 aromatic heterocycles. The lowest BCUT2D eigenvalue weighted by Crippen LogP contribution is -1.86. The standard InChI is InChI=1S/C11H7N7OS/c12-11-15-9(16-17-11)10-14-8(18-19-10)5-3-7-6(13-4-5)1-2-20-7/h1-4H,(H3,12,15,16,17). The van der Waals surface area contributed by atoms with Crippen molar-refractivity contribution in [2.75, 3.05) is 5.73 Å². The molecule has 0 aliphatic carbocycles. The molecule has 8 nitrogen and oxygen atoms in total. The Morgan fingerprint density at radius 2 is 2.25 bits per heavy atom. The summed E-state index contributed by atoms with van der Waals surface area (Å²) >= 11 is 1.61. The van der Waals surface area contributed by atoms with Crippen LogP contribution in [0.2, 0.25) is 0 Å². The quantitative estimate of drug-likeness (QED) is 0.575. The first-order valence-electron chi connectivity index (χ1n) is 5.65. The zero-order chi connectivity index (χ0) is 13.5. The van der Waals surface area contributed by atoms with E-state index in [1.165, 1.54) is 0 Å². The third kappa shape index (κ3) is 1.72. The normalized spacial score (nSPS) is 11.2. The molecule has 20 heavy (non-hydrogen) atoms. The van der Waals surface area contributed by atoms with Crippen LogP contribution in [0.3, 0.4) is 0 Å². The summed E-state index contributed by atoms with van der Waals surface area (Å²) in [6, 6.07) is 3.93. The van der Waals surface area contributed by atoms with Gasteiger partial charge in [-0.2, -0.15) is 9.97 Å². The van der Waals surface area contributed by atoms with Crippen molar-refractivity contribution >= 4 is 27.5 Å².